The summed E-state index contributed by atoms with van der Waals surface area (Å²) in [4.78, 5) is 19.1. The minimum absolute atomic E-state index is 0.404. The van der Waals surface area contributed by atoms with Gasteiger partial charge in [-0.25, -0.2) is 9.78 Å². The van der Waals surface area contributed by atoms with Crippen LogP contribution in [0.4, 0.5) is 0 Å². The van der Waals surface area contributed by atoms with Crippen LogP contribution in [0.25, 0.3) is 11.0 Å². The van der Waals surface area contributed by atoms with E-state index in [2.05, 4.69) is 9.97 Å². The Morgan fingerprint density at radius 1 is 1.06 bits per heavy atom. The molecule has 0 fully saturated rings. The largest absolute Gasteiger partial charge is 0.423 e. The normalized spacial score (nSPS) is 10.4. The van der Waals surface area contributed by atoms with Gasteiger partial charge >= 0.3 is 5.97 Å². The number of para-hydroxylation sites is 2. The maximum atomic E-state index is 12.0. The zero-order valence-corrected chi connectivity index (χ0v) is 9.46. The summed E-state index contributed by atoms with van der Waals surface area (Å²) in [5, 5.41) is 0. The molecule has 1 aromatic heterocycles. The maximum absolute atomic E-state index is 12.0. The molecule has 4 nitrogen and oxygen atoms in total. The van der Waals surface area contributed by atoms with Gasteiger partial charge in [0, 0.05) is 0 Å². The van der Waals surface area contributed by atoms with Crippen LogP contribution >= 0.6 is 0 Å². The molecule has 18 heavy (non-hydrogen) atoms. The summed E-state index contributed by atoms with van der Waals surface area (Å²) < 4.78 is 5.29. The molecule has 0 bridgehead atoms. The summed E-state index contributed by atoms with van der Waals surface area (Å²) in [6.07, 6.45) is 1.56. The Labute approximate surface area is 103 Å². The Morgan fingerprint density at radius 3 is 2.72 bits per heavy atom. The summed E-state index contributed by atoms with van der Waals surface area (Å²) in [6.45, 7) is 0. The number of hydrogen-bond donors (Lipinski definition) is 1. The monoisotopic (exact) mass is 238 g/mol. The van der Waals surface area contributed by atoms with Gasteiger partial charge in [-0.3, -0.25) is 0 Å². The lowest BCUT2D eigenvalue weighted by molar-refractivity contribution is 0.0736. The standard InChI is InChI=1S/C14H10N2O2/c17-14(18-10-5-2-1-3-6-10)11-7-4-8-12-13(11)16-9-15-12/h1-9H,(H,15,16). The number of carbonyl (C=O) groups excluding carboxylic acids is 1. The van der Waals surface area contributed by atoms with Gasteiger partial charge in [-0.2, -0.15) is 0 Å². The van der Waals surface area contributed by atoms with Crippen molar-refractivity contribution in [3.8, 4) is 5.75 Å². The van der Waals surface area contributed by atoms with E-state index in [4.69, 9.17) is 4.74 Å². The van der Waals surface area contributed by atoms with Gasteiger partial charge in [-0.05, 0) is 24.3 Å². The quantitative estimate of drug-likeness (QED) is 0.551. The molecular weight excluding hydrogens is 228 g/mol. The van der Waals surface area contributed by atoms with E-state index in [9.17, 15) is 4.79 Å². The highest BCUT2D eigenvalue weighted by molar-refractivity contribution is 6.02. The molecule has 2 aromatic carbocycles. The fourth-order valence-corrected chi connectivity index (χ4v) is 1.78. The van der Waals surface area contributed by atoms with Crippen molar-refractivity contribution < 1.29 is 9.53 Å². The average Bonchev–Trinajstić information content (AvgIpc) is 2.87. The number of fused-ring (bicyclic) bond motifs is 1. The second kappa shape index (κ2) is 4.33. The number of imidazole rings is 1. The van der Waals surface area contributed by atoms with Gasteiger partial charge in [0.05, 0.1) is 17.4 Å². The molecule has 3 aromatic rings. The van der Waals surface area contributed by atoms with E-state index < -0.39 is 5.97 Å². The van der Waals surface area contributed by atoms with Crippen molar-refractivity contribution in [2.45, 2.75) is 0 Å². The molecular formula is C14H10N2O2. The molecule has 0 atom stereocenters. The van der Waals surface area contributed by atoms with Gasteiger partial charge in [-0.1, -0.05) is 24.3 Å². The van der Waals surface area contributed by atoms with Crippen LogP contribution in [0.2, 0.25) is 0 Å². The zero-order valence-electron chi connectivity index (χ0n) is 9.46. The molecule has 0 aliphatic rings. The Balaban J connectivity index is 1.95. The fourth-order valence-electron chi connectivity index (χ4n) is 1.78. The number of aromatic nitrogens is 2. The lowest BCUT2D eigenvalue weighted by atomic mass is 10.2. The van der Waals surface area contributed by atoms with Crippen LogP contribution < -0.4 is 4.74 Å². The third-order valence-electron chi connectivity index (χ3n) is 2.62. The molecule has 0 saturated carbocycles. The van der Waals surface area contributed by atoms with Crippen molar-refractivity contribution in [2.75, 3.05) is 0 Å². The molecule has 4 heteroatoms. The van der Waals surface area contributed by atoms with E-state index in [0.717, 1.165) is 5.52 Å². The highest BCUT2D eigenvalue weighted by Crippen LogP contribution is 2.17. The first-order valence-corrected chi connectivity index (χ1v) is 5.54. The van der Waals surface area contributed by atoms with Crippen LogP contribution in [-0.2, 0) is 0 Å². The van der Waals surface area contributed by atoms with Gasteiger partial charge < -0.3 is 9.72 Å². The van der Waals surface area contributed by atoms with Crippen LogP contribution in [-0.4, -0.2) is 15.9 Å². The number of nitrogens with zero attached hydrogens (tertiary/aromatic N) is 1. The highest BCUT2D eigenvalue weighted by Gasteiger charge is 2.13. The first-order chi connectivity index (χ1) is 8.84. The van der Waals surface area contributed by atoms with E-state index in [1.165, 1.54) is 0 Å². The Morgan fingerprint density at radius 2 is 1.89 bits per heavy atom. The molecule has 0 unspecified atom stereocenters. The molecule has 1 N–H and O–H groups in total. The SMILES string of the molecule is O=C(Oc1ccccc1)c1cccc2[nH]cnc12. The smallest absolute Gasteiger partial charge is 0.345 e. The number of nitrogens with one attached hydrogen (secondary N) is 1. The lowest BCUT2D eigenvalue weighted by Crippen LogP contribution is -2.08. The second-order valence-electron chi connectivity index (χ2n) is 3.81. The maximum Gasteiger partial charge on any atom is 0.345 e. The van der Waals surface area contributed by atoms with E-state index in [0.29, 0.717) is 16.8 Å². The van der Waals surface area contributed by atoms with Crippen molar-refractivity contribution in [2.24, 2.45) is 0 Å². The zero-order chi connectivity index (χ0) is 12.4. The predicted octanol–water partition coefficient (Wildman–Crippen LogP) is 2.78. The molecule has 0 saturated heterocycles. The van der Waals surface area contributed by atoms with Crippen molar-refractivity contribution in [3.05, 3.63) is 60.4 Å². The van der Waals surface area contributed by atoms with Gasteiger partial charge in [-0.15, -0.1) is 0 Å². The molecule has 0 aliphatic heterocycles. The molecule has 0 amide bonds. The number of H-pyrrole nitrogens is 1. The average molecular weight is 238 g/mol. The Kier molecular flexibility index (Phi) is 2.53. The first-order valence-electron chi connectivity index (χ1n) is 5.54. The van der Waals surface area contributed by atoms with E-state index in [-0.39, 0.29) is 0 Å². The van der Waals surface area contributed by atoms with Crippen LogP contribution in [0.3, 0.4) is 0 Å². The second-order valence-corrected chi connectivity index (χ2v) is 3.81. The lowest BCUT2D eigenvalue weighted by Gasteiger charge is -2.04. The van der Waals surface area contributed by atoms with Crippen LogP contribution in [0, 0.1) is 0 Å². The molecule has 0 radical (unpaired) electrons. The summed E-state index contributed by atoms with van der Waals surface area (Å²) in [5.41, 5.74) is 1.90. The third kappa shape index (κ3) is 1.84. The Bertz CT molecular complexity index is 689. The highest BCUT2D eigenvalue weighted by atomic mass is 16.5. The summed E-state index contributed by atoms with van der Waals surface area (Å²) in [6, 6.07) is 14.3. The van der Waals surface area contributed by atoms with Crippen molar-refractivity contribution >= 4 is 17.0 Å². The number of esters is 1. The molecule has 1 heterocycles. The van der Waals surface area contributed by atoms with Crippen LogP contribution in [0.1, 0.15) is 10.4 Å². The van der Waals surface area contributed by atoms with Crippen LogP contribution in [0.15, 0.2) is 54.9 Å². The Hall–Kier alpha value is -2.62. The number of rotatable bonds is 2. The van der Waals surface area contributed by atoms with Crippen molar-refractivity contribution in [3.63, 3.8) is 0 Å². The van der Waals surface area contributed by atoms with Crippen molar-refractivity contribution in [1.29, 1.82) is 0 Å². The minimum atomic E-state index is -0.404. The number of ether oxygens (including phenoxy) is 1. The van der Waals surface area contributed by atoms with Gasteiger partial charge in [0.25, 0.3) is 0 Å². The van der Waals surface area contributed by atoms with Crippen molar-refractivity contribution in [1.82, 2.24) is 9.97 Å². The molecule has 3 rings (SSSR count). The van der Waals surface area contributed by atoms with E-state index >= 15 is 0 Å². The van der Waals surface area contributed by atoms with Gasteiger partial charge in [0.2, 0.25) is 0 Å². The molecule has 0 aliphatic carbocycles. The third-order valence-corrected chi connectivity index (χ3v) is 2.62. The molecule has 88 valence electrons. The topological polar surface area (TPSA) is 55.0 Å². The number of aromatic amines is 1. The minimum Gasteiger partial charge on any atom is -0.423 e. The van der Waals surface area contributed by atoms with Gasteiger partial charge in [0.1, 0.15) is 11.3 Å². The fraction of sp³-hybridized carbons (Fsp3) is 0. The summed E-state index contributed by atoms with van der Waals surface area (Å²) in [5.74, 6) is 0.119. The number of benzene rings is 2. The number of carbonyl (C=O) groups is 1. The van der Waals surface area contributed by atoms with E-state index in [1.807, 2.05) is 24.3 Å². The predicted molar refractivity (Wildman–Crippen MR) is 67.5 cm³/mol. The van der Waals surface area contributed by atoms with Crippen LogP contribution in [0.5, 0.6) is 5.75 Å². The first kappa shape index (κ1) is 10.5. The van der Waals surface area contributed by atoms with E-state index in [1.54, 1.807) is 30.6 Å². The van der Waals surface area contributed by atoms with Gasteiger partial charge in [0.15, 0.2) is 0 Å². The summed E-state index contributed by atoms with van der Waals surface area (Å²) >= 11 is 0. The molecule has 0 spiro atoms. The summed E-state index contributed by atoms with van der Waals surface area (Å²) in [7, 11) is 0. The number of hydrogen-bond acceptors (Lipinski definition) is 3.